The zero-order chi connectivity index (χ0) is 23.0. The van der Waals surface area contributed by atoms with Crippen molar-refractivity contribution in [2.24, 2.45) is 10.4 Å². The van der Waals surface area contributed by atoms with Gasteiger partial charge in [-0.3, -0.25) is 14.7 Å². The van der Waals surface area contributed by atoms with Gasteiger partial charge in [0.25, 0.3) is 0 Å². The summed E-state index contributed by atoms with van der Waals surface area (Å²) in [6, 6.07) is 7.01. The number of nitrogens with one attached hydrogen (secondary N) is 2. The van der Waals surface area contributed by atoms with Crippen LogP contribution in [0.1, 0.15) is 32.1 Å². The van der Waals surface area contributed by atoms with Gasteiger partial charge in [-0.25, -0.2) is 4.39 Å². The number of para-hydroxylation sites is 1. The third-order valence-corrected chi connectivity index (χ3v) is 6.75. The summed E-state index contributed by atoms with van der Waals surface area (Å²) in [5, 5.41) is 6.78. The maximum Gasteiger partial charge on any atom is 0.230 e. The highest BCUT2D eigenvalue weighted by Gasteiger charge is 2.42. The number of anilines is 1. The topological polar surface area (TPSA) is 63.2 Å². The number of aliphatic imine (C=N–C) groups is 1. The number of benzene rings is 1. The number of rotatable bonds is 8. The van der Waals surface area contributed by atoms with Crippen molar-refractivity contribution in [3.8, 4) is 0 Å². The molecular weight excluding hydrogens is 534 g/mol. The minimum Gasteiger partial charge on any atom is -0.367 e. The van der Waals surface area contributed by atoms with E-state index < -0.39 is 0 Å². The van der Waals surface area contributed by atoms with E-state index in [4.69, 9.17) is 0 Å². The molecule has 1 aliphatic heterocycles. The Balaban J connectivity index is 0.00000385. The van der Waals surface area contributed by atoms with Gasteiger partial charge in [0.15, 0.2) is 5.96 Å². The Morgan fingerprint density at radius 1 is 1.12 bits per heavy atom. The normalized spacial score (nSPS) is 18.5. The molecule has 0 aromatic heterocycles. The fourth-order valence-corrected chi connectivity index (χ4v) is 4.90. The highest BCUT2D eigenvalue weighted by Crippen LogP contribution is 2.38. The standard InChI is InChI=1S/C24H39FN6O.HI/c1-26-23(28-19-24(11-6-7-12-24)22(32)29(2)3)27-13-8-14-30-15-17-31(18-16-30)21-10-5-4-9-20(21)25;/h4-5,9-10H,6-8,11-19H2,1-3H3,(H2,26,27,28);1H. The molecule has 1 saturated carbocycles. The van der Waals surface area contributed by atoms with Gasteiger partial charge in [0, 0.05) is 60.4 Å². The van der Waals surface area contributed by atoms with Crippen LogP contribution in [-0.4, -0.2) is 88.6 Å². The van der Waals surface area contributed by atoms with Crippen molar-refractivity contribution < 1.29 is 9.18 Å². The van der Waals surface area contributed by atoms with Gasteiger partial charge in [-0.2, -0.15) is 0 Å². The van der Waals surface area contributed by atoms with Crippen LogP contribution in [0.2, 0.25) is 0 Å². The molecule has 0 unspecified atom stereocenters. The average molecular weight is 575 g/mol. The third kappa shape index (κ3) is 7.43. The highest BCUT2D eigenvalue weighted by molar-refractivity contribution is 14.0. The minimum atomic E-state index is -0.307. The van der Waals surface area contributed by atoms with Crippen molar-refractivity contribution in [3.63, 3.8) is 0 Å². The van der Waals surface area contributed by atoms with Crippen LogP contribution in [0.4, 0.5) is 10.1 Å². The lowest BCUT2D eigenvalue weighted by Gasteiger charge is -2.36. The Hall–Kier alpha value is -1.62. The Morgan fingerprint density at radius 2 is 1.79 bits per heavy atom. The highest BCUT2D eigenvalue weighted by atomic mass is 127. The van der Waals surface area contributed by atoms with Gasteiger partial charge >= 0.3 is 0 Å². The van der Waals surface area contributed by atoms with E-state index in [1.807, 2.05) is 26.2 Å². The molecule has 2 aliphatic rings. The molecule has 1 amide bonds. The predicted octanol–water partition coefficient (Wildman–Crippen LogP) is 2.77. The van der Waals surface area contributed by atoms with E-state index in [9.17, 15) is 9.18 Å². The van der Waals surface area contributed by atoms with E-state index >= 15 is 0 Å². The first-order valence-corrected chi connectivity index (χ1v) is 11.8. The van der Waals surface area contributed by atoms with Crippen LogP contribution in [-0.2, 0) is 4.79 Å². The quantitative estimate of drug-likeness (QED) is 0.217. The summed E-state index contributed by atoms with van der Waals surface area (Å²) in [5.41, 5.74) is 0.399. The Labute approximate surface area is 215 Å². The molecule has 1 aromatic rings. The molecule has 0 radical (unpaired) electrons. The van der Waals surface area contributed by atoms with Gasteiger partial charge in [0.2, 0.25) is 5.91 Å². The molecule has 0 atom stereocenters. The van der Waals surface area contributed by atoms with Crippen LogP contribution in [0.15, 0.2) is 29.3 Å². The van der Waals surface area contributed by atoms with Gasteiger partial charge in [-0.15, -0.1) is 24.0 Å². The average Bonchev–Trinajstić information content (AvgIpc) is 3.29. The summed E-state index contributed by atoms with van der Waals surface area (Å²) in [5.74, 6) is 0.829. The van der Waals surface area contributed by atoms with Crippen molar-refractivity contribution in [1.29, 1.82) is 0 Å². The molecule has 33 heavy (non-hydrogen) atoms. The van der Waals surface area contributed by atoms with E-state index in [0.29, 0.717) is 12.2 Å². The maximum atomic E-state index is 14.0. The Bertz CT molecular complexity index is 776. The van der Waals surface area contributed by atoms with E-state index in [0.717, 1.165) is 77.3 Å². The fraction of sp³-hybridized carbons (Fsp3) is 0.667. The van der Waals surface area contributed by atoms with Gasteiger partial charge in [-0.05, 0) is 37.9 Å². The second-order valence-corrected chi connectivity index (χ2v) is 9.17. The van der Waals surface area contributed by atoms with Crippen molar-refractivity contribution >= 4 is 41.5 Å². The summed E-state index contributed by atoms with van der Waals surface area (Å²) >= 11 is 0. The maximum absolute atomic E-state index is 14.0. The van der Waals surface area contributed by atoms with E-state index in [1.165, 1.54) is 6.07 Å². The van der Waals surface area contributed by atoms with E-state index in [-0.39, 0.29) is 41.1 Å². The SMILES string of the molecule is CN=C(NCCCN1CCN(c2ccccc2F)CC1)NCC1(C(=O)N(C)C)CCCC1.I. The third-order valence-electron chi connectivity index (χ3n) is 6.75. The molecule has 0 spiro atoms. The molecule has 3 rings (SSSR count). The number of halogens is 2. The molecule has 9 heteroatoms. The monoisotopic (exact) mass is 574 g/mol. The smallest absolute Gasteiger partial charge is 0.230 e. The largest absolute Gasteiger partial charge is 0.367 e. The number of carbonyl (C=O) groups is 1. The molecule has 1 aromatic carbocycles. The van der Waals surface area contributed by atoms with Crippen LogP contribution in [0.3, 0.4) is 0 Å². The molecule has 2 fully saturated rings. The second kappa shape index (κ2) is 13.3. The molecule has 7 nitrogen and oxygen atoms in total. The first-order chi connectivity index (χ1) is 15.4. The molecule has 0 bridgehead atoms. The van der Waals surface area contributed by atoms with E-state index in [1.54, 1.807) is 18.0 Å². The number of guanidine groups is 1. The molecule has 2 N–H and O–H groups in total. The summed E-state index contributed by atoms with van der Waals surface area (Å²) in [4.78, 5) is 23.3. The lowest BCUT2D eigenvalue weighted by molar-refractivity contribution is -0.138. The number of piperazine rings is 1. The number of carbonyl (C=O) groups excluding carboxylic acids is 1. The van der Waals surface area contributed by atoms with E-state index in [2.05, 4.69) is 25.4 Å². The first kappa shape index (κ1) is 27.6. The molecule has 186 valence electrons. The number of amides is 1. The van der Waals surface area contributed by atoms with Gasteiger partial charge in [0.05, 0.1) is 11.1 Å². The van der Waals surface area contributed by atoms with Crippen molar-refractivity contribution in [1.82, 2.24) is 20.4 Å². The zero-order valence-electron chi connectivity index (χ0n) is 20.3. The first-order valence-electron chi connectivity index (χ1n) is 11.8. The lowest BCUT2D eigenvalue weighted by atomic mass is 9.84. The minimum absolute atomic E-state index is 0. The van der Waals surface area contributed by atoms with Gasteiger partial charge < -0.3 is 20.4 Å². The van der Waals surface area contributed by atoms with Crippen LogP contribution in [0.5, 0.6) is 0 Å². The second-order valence-electron chi connectivity index (χ2n) is 9.17. The Morgan fingerprint density at radius 3 is 2.39 bits per heavy atom. The summed E-state index contributed by atoms with van der Waals surface area (Å²) in [6.45, 7) is 6.02. The predicted molar refractivity (Wildman–Crippen MR) is 144 cm³/mol. The number of hydrogen-bond acceptors (Lipinski definition) is 4. The van der Waals surface area contributed by atoms with Gasteiger partial charge in [-0.1, -0.05) is 25.0 Å². The summed E-state index contributed by atoms with van der Waals surface area (Å²) in [7, 11) is 5.45. The molecule has 1 saturated heterocycles. The van der Waals surface area contributed by atoms with Crippen LogP contribution >= 0.6 is 24.0 Å². The number of hydrogen-bond donors (Lipinski definition) is 2. The van der Waals surface area contributed by atoms with Crippen molar-refractivity contribution in [2.75, 3.05) is 71.9 Å². The summed E-state index contributed by atoms with van der Waals surface area (Å²) < 4.78 is 14.0. The zero-order valence-corrected chi connectivity index (χ0v) is 22.6. The van der Waals surface area contributed by atoms with Crippen LogP contribution < -0.4 is 15.5 Å². The lowest BCUT2D eigenvalue weighted by Crippen LogP contribution is -2.49. The Kier molecular flexibility index (Phi) is 11.1. The van der Waals surface area contributed by atoms with Crippen LogP contribution in [0, 0.1) is 11.2 Å². The molecule has 1 heterocycles. The van der Waals surface area contributed by atoms with Crippen molar-refractivity contribution in [3.05, 3.63) is 30.1 Å². The number of nitrogens with zero attached hydrogens (tertiary/aromatic N) is 4. The fourth-order valence-electron chi connectivity index (χ4n) is 4.90. The molecular formula is C24H40FIN6O. The molecule has 1 aliphatic carbocycles. The van der Waals surface area contributed by atoms with Gasteiger partial charge in [0.1, 0.15) is 5.82 Å². The van der Waals surface area contributed by atoms with Crippen molar-refractivity contribution in [2.45, 2.75) is 32.1 Å². The summed E-state index contributed by atoms with van der Waals surface area (Å²) in [6.07, 6.45) is 5.09. The van der Waals surface area contributed by atoms with Crippen LogP contribution in [0.25, 0.3) is 0 Å².